The lowest BCUT2D eigenvalue weighted by molar-refractivity contribution is -0.124. The molecule has 0 radical (unpaired) electrons. The zero-order valence-electron chi connectivity index (χ0n) is 15.1. The third-order valence-electron chi connectivity index (χ3n) is 4.49. The van der Waals surface area contributed by atoms with E-state index in [0.29, 0.717) is 18.2 Å². The van der Waals surface area contributed by atoms with Gasteiger partial charge in [-0.05, 0) is 43.0 Å². The molecule has 1 amide bonds. The van der Waals surface area contributed by atoms with Crippen molar-refractivity contribution in [2.24, 2.45) is 5.92 Å². The lowest BCUT2D eigenvalue weighted by Gasteiger charge is -2.21. The van der Waals surface area contributed by atoms with Crippen LogP contribution in [0.1, 0.15) is 42.5 Å². The van der Waals surface area contributed by atoms with Gasteiger partial charge in [-0.25, -0.2) is 9.78 Å². The van der Waals surface area contributed by atoms with Crippen molar-refractivity contribution >= 4 is 11.9 Å². The van der Waals surface area contributed by atoms with E-state index in [4.69, 9.17) is 9.47 Å². The number of pyridine rings is 2. The van der Waals surface area contributed by atoms with Crippen LogP contribution in [0, 0.1) is 5.92 Å². The van der Waals surface area contributed by atoms with E-state index < -0.39 is 5.97 Å². The summed E-state index contributed by atoms with van der Waals surface area (Å²) in [5, 5.41) is 2.84. The average Bonchev–Trinajstić information content (AvgIpc) is 2.72. The van der Waals surface area contributed by atoms with Crippen molar-refractivity contribution in [2.75, 3.05) is 13.2 Å². The molecule has 3 rings (SSSR count). The molecule has 0 unspecified atom stereocenters. The highest BCUT2D eigenvalue weighted by molar-refractivity contribution is 5.93. The standard InChI is InChI=1S/C20H23N3O4/c24-18(23-12-15-6-2-1-3-7-15)14-26-20(25)17-9-5-11-22-19(17)27-16-8-4-10-21-13-16/h4-5,8-11,13,15H,1-3,6-7,12,14H2,(H,23,24). The minimum Gasteiger partial charge on any atom is -0.452 e. The molecule has 1 N–H and O–H groups in total. The van der Waals surface area contributed by atoms with Gasteiger partial charge in [-0.15, -0.1) is 0 Å². The van der Waals surface area contributed by atoms with Gasteiger partial charge in [0.1, 0.15) is 11.3 Å². The molecule has 0 aliphatic heterocycles. The van der Waals surface area contributed by atoms with E-state index in [0.717, 1.165) is 12.8 Å². The number of ether oxygens (including phenoxy) is 2. The minimum absolute atomic E-state index is 0.109. The topological polar surface area (TPSA) is 90.4 Å². The van der Waals surface area contributed by atoms with Crippen LogP contribution in [0.4, 0.5) is 0 Å². The average molecular weight is 369 g/mol. The summed E-state index contributed by atoms with van der Waals surface area (Å²) in [6, 6.07) is 6.57. The quantitative estimate of drug-likeness (QED) is 0.754. The van der Waals surface area contributed by atoms with Crippen LogP contribution < -0.4 is 10.1 Å². The molecule has 7 nitrogen and oxygen atoms in total. The highest BCUT2D eigenvalue weighted by atomic mass is 16.5. The van der Waals surface area contributed by atoms with Gasteiger partial charge < -0.3 is 14.8 Å². The second-order valence-electron chi connectivity index (χ2n) is 6.53. The number of carbonyl (C=O) groups is 2. The summed E-state index contributed by atoms with van der Waals surface area (Å²) in [4.78, 5) is 32.3. The number of hydrogen-bond donors (Lipinski definition) is 1. The SMILES string of the molecule is O=C(COC(=O)c1cccnc1Oc1cccnc1)NCC1CCCCC1. The number of amides is 1. The van der Waals surface area contributed by atoms with Crippen LogP contribution in [-0.2, 0) is 9.53 Å². The Morgan fingerprint density at radius 1 is 1.11 bits per heavy atom. The summed E-state index contributed by atoms with van der Waals surface area (Å²) in [6.07, 6.45) is 10.6. The number of aromatic nitrogens is 2. The predicted octanol–water partition coefficient (Wildman–Crippen LogP) is 3.12. The molecule has 0 saturated heterocycles. The first-order valence-electron chi connectivity index (χ1n) is 9.19. The van der Waals surface area contributed by atoms with Gasteiger partial charge in [0.2, 0.25) is 5.88 Å². The van der Waals surface area contributed by atoms with Crippen LogP contribution >= 0.6 is 0 Å². The van der Waals surface area contributed by atoms with Gasteiger partial charge in [0, 0.05) is 18.9 Å². The summed E-state index contributed by atoms with van der Waals surface area (Å²) >= 11 is 0. The fourth-order valence-corrected chi connectivity index (χ4v) is 3.06. The monoisotopic (exact) mass is 369 g/mol. The molecule has 27 heavy (non-hydrogen) atoms. The Bertz CT molecular complexity index is 761. The van der Waals surface area contributed by atoms with Crippen LogP contribution in [0.5, 0.6) is 11.6 Å². The Hall–Kier alpha value is -2.96. The van der Waals surface area contributed by atoms with Crippen LogP contribution in [0.25, 0.3) is 0 Å². The Morgan fingerprint density at radius 3 is 2.70 bits per heavy atom. The van der Waals surface area contributed by atoms with E-state index in [9.17, 15) is 9.59 Å². The van der Waals surface area contributed by atoms with Crippen molar-refractivity contribution < 1.29 is 19.1 Å². The summed E-state index contributed by atoms with van der Waals surface area (Å²) < 4.78 is 10.7. The molecule has 0 bridgehead atoms. The van der Waals surface area contributed by atoms with Crippen molar-refractivity contribution in [3.8, 4) is 11.6 Å². The Labute approximate surface area is 158 Å². The molecule has 0 aromatic carbocycles. The van der Waals surface area contributed by atoms with Crippen molar-refractivity contribution in [1.29, 1.82) is 0 Å². The number of nitrogens with zero attached hydrogens (tertiary/aromatic N) is 2. The first-order valence-corrected chi connectivity index (χ1v) is 9.19. The number of carbonyl (C=O) groups excluding carboxylic acids is 2. The van der Waals surface area contributed by atoms with Crippen molar-refractivity contribution in [2.45, 2.75) is 32.1 Å². The fourth-order valence-electron chi connectivity index (χ4n) is 3.06. The van der Waals surface area contributed by atoms with Crippen LogP contribution in [0.15, 0.2) is 42.9 Å². The fraction of sp³-hybridized carbons (Fsp3) is 0.400. The number of rotatable bonds is 7. The molecule has 2 aromatic heterocycles. The van der Waals surface area contributed by atoms with Crippen LogP contribution in [0.2, 0.25) is 0 Å². The maximum absolute atomic E-state index is 12.3. The summed E-state index contributed by atoms with van der Waals surface area (Å²) in [5.74, 6) is 0.132. The van der Waals surface area contributed by atoms with Gasteiger partial charge in [0.05, 0.1) is 6.20 Å². The predicted molar refractivity (Wildman–Crippen MR) is 98.4 cm³/mol. The molecule has 142 valence electrons. The van der Waals surface area contributed by atoms with Crippen LogP contribution in [0.3, 0.4) is 0 Å². The van der Waals surface area contributed by atoms with E-state index in [2.05, 4.69) is 15.3 Å². The Morgan fingerprint density at radius 2 is 1.93 bits per heavy atom. The van der Waals surface area contributed by atoms with E-state index in [1.54, 1.807) is 30.5 Å². The maximum atomic E-state index is 12.3. The summed E-state index contributed by atoms with van der Waals surface area (Å²) in [6.45, 7) is 0.311. The highest BCUT2D eigenvalue weighted by Gasteiger charge is 2.18. The molecule has 0 spiro atoms. The Kier molecular flexibility index (Phi) is 6.73. The zero-order valence-corrected chi connectivity index (χ0v) is 15.1. The molecular formula is C20H23N3O4. The molecule has 1 fully saturated rings. The van der Waals surface area contributed by atoms with Gasteiger partial charge in [-0.2, -0.15) is 0 Å². The highest BCUT2D eigenvalue weighted by Crippen LogP contribution is 2.23. The summed E-state index contributed by atoms with van der Waals surface area (Å²) in [5.41, 5.74) is 0.154. The lowest BCUT2D eigenvalue weighted by Crippen LogP contribution is -2.33. The molecule has 7 heteroatoms. The Balaban J connectivity index is 1.51. The van der Waals surface area contributed by atoms with Gasteiger partial charge in [-0.3, -0.25) is 9.78 Å². The van der Waals surface area contributed by atoms with E-state index in [1.807, 2.05) is 0 Å². The first-order chi connectivity index (χ1) is 13.2. The third-order valence-corrected chi connectivity index (χ3v) is 4.49. The first kappa shape index (κ1) is 18.8. The largest absolute Gasteiger partial charge is 0.452 e. The van der Waals surface area contributed by atoms with E-state index >= 15 is 0 Å². The number of hydrogen-bond acceptors (Lipinski definition) is 6. The summed E-state index contributed by atoms with van der Waals surface area (Å²) in [7, 11) is 0. The normalized spacial score (nSPS) is 14.4. The van der Waals surface area contributed by atoms with Gasteiger partial charge in [0.25, 0.3) is 5.91 Å². The molecule has 2 aromatic rings. The maximum Gasteiger partial charge on any atom is 0.344 e. The van der Waals surface area contributed by atoms with Crippen molar-refractivity contribution in [3.63, 3.8) is 0 Å². The molecule has 2 heterocycles. The lowest BCUT2D eigenvalue weighted by atomic mass is 9.89. The van der Waals surface area contributed by atoms with E-state index in [1.165, 1.54) is 31.7 Å². The third kappa shape index (κ3) is 5.77. The van der Waals surface area contributed by atoms with Gasteiger partial charge in [0.15, 0.2) is 6.61 Å². The molecule has 1 aliphatic carbocycles. The second-order valence-corrected chi connectivity index (χ2v) is 6.53. The van der Waals surface area contributed by atoms with Gasteiger partial charge in [-0.1, -0.05) is 19.3 Å². The zero-order chi connectivity index (χ0) is 18.9. The van der Waals surface area contributed by atoms with Crippen molar-refractivity contribution in [1.82, 2.24) is 15.3 Å². The molecule has 1 aliphatic rings. The smallest absolute Gasteiger partial charge is 0.344 e. The molecule has 0 atom stereocenters. The van der Waals surface area contributed by atoms with Crippen molar-refractivity contribution in [3.05, 3.63) is 48.4 Å². The minimum atomic E-state index is -0.658. The molecular weight excluding hydrogens is 346 g/mol. The van der Waals surface area contributed by atoms with Gasteiger partial charge >= 0.3 is 5.97 Å². The van der Waals surface area contributed by atoms with E-state index in [-0.39, 0.29) is 24.0 Å². The van der Waals surface area contributed by atoms with Crippen LogP contribution in [-0.4, -0.2) is 35.0 Å². The number of nitrogens with one attached hydrogen (secondary N) is 1. The second kappa shape index (κ2) is 9.66. The number of esters is 1. The molecule has 1 saturated carbocycles.